The van der Waals surface area contributed by atoms with Crippen molar-refractivity contribution in [3.05, 3.63) is 69.8 Å². The van der Waals surface area contributed by atoms with Gasteiger partial charge in [-0.15, -0.1) is 0 Å². The Labute approximate surface area is 175 Å². The maximum Gasteiger partial charge on any atom is 0.200 e. The lowest BCUT2D eigenvalue weighted by molar-refractivity contribution is 0.102. The molecule has 0 saturated heterocycles. The summed E-state index contributed by atoms with van der Waals surface area (Å²) in [6.45, 7) is 8.19. The Morgan fingerprint density at radius 3 is 2.76 bits per heavy atom. The lowest BCUT2D eigenvalue weighted by atomic mass is 9.94. The van der Waals surface area contributed by atoms with Gasteiger partial charge in [-0.2, -0.15) is 0 Å². The smallest absolute Gasteiger partial charge is 0.200 e. The van der Waals surface area contributed by atoms with Crippen molar-refractivity contribution in [2.45, 2.75) is 40.7 Å². The third kappa shape index (κ3) is 4.46. The zero-order chi connectivity index (χ0) is 21.1. The quantitative estimate of drug-likeness (QED) is 0.507. The van der Waals surface area contributed by atoms with Gasteiger partial charge in [0.1, 0.15) is 5.17 Å². The SMILES string of the molecule is C/C=C(/C)N=C(C)Cn1cc(C(=O)C2=CN=C(Cl)C(C)C2)c(=O)c2ccccc21. The number of nitrogens with zero attached hydrogens (tertiary/aromatic N) is 3. The number of carbonyl (C=O) groups is 1. The predicted octanol–water partition coefficient (Wildman–Crippen LogP) is 5.13. The van der Waals surface area contributed by atoms with Crippen LogP contribution < -0.4 is 5.43 Å². The second-order valence-corrected chi connectivity index (χ2v) is 7.72. The summed E-state index contributed by atoms with van der Waals surface area (Å²) in [7, 11) is 0. The average Bonchev–Trinajstić information content (AvgIpc) is 2.71. The lowest BCUT2D eigenvalue weighted by Crippen LogP contribution is -2.23. The number of allylic oxidation sites excluding steroid dienone is 3. The van der Waals surface area contributed by atoms with Crippen molar-refractivity contribution in [2.24, 2.45) is 15.9 Å². The van der Waals surface area contributed by atoms with Crippen molar-refractivity contribution in [3.8, 4) is 0 Å². The maximum absolute atomic E-state index is 13.1. The largest absolute Gasteiger partial charge is 0.341 e. The first-order valence-corrected chi connectivity index (χ1v) is 9.95. The molecule has 0 bridgehead atoms. The average molecular weight is 410 g/mol. The predicted molar refractivity (Wildman–Crippen MR) is 120 cm³/mol. The topological polar surface area (TPSA) is 63.8 Å². The number of aromatic nitrogens is 1. The first-order valence-electron chi connectivity index (χ1n) is 9.58. The van der Waals surface area contributed by atoms with Gasteiger partial charge in [-0.25, -0.2) is 4.99 Å². The van der Waals surface area contributed by atoms with Gasteiger partial charge >= 0.3 is 0 Å². The lowest BCUT2D eigenvalue weighted by Gasteiger charge is -2.17. The number of Topliss-reactive ketones (excluding diaryl/α,β-unsaturated/α-hetero) is 1. The third-order valence-electron chi connectivity index (χ3n) is 4.98. The van der Waals surface area contributed by atoms with Crippen LogP contribution in [0.2, 0.25) is 0 Å². The number of halogens is 1. The van der Waals surface area contributed by atoms with Crippen molar-refractivity contribution in [1.29, 1.82) is 0 Å². The molecule has 3 rings (SSSR count). The standard InChI is InChI=1S/C23H24ClN3O2/c1-5-15(3)26-16(4)12-27-13-19(22(29)18-8-6-7-9-20(18)27)21(28)17-10-14(2)23(24)25-11-17/h5-9,11,13-14H,10,12H2,1-4H3/b15-5-,26-16?. The summed E-state index contributed by atoms with van der Waals surface area (Å²) in [5.41, 5.74) is 2.95. The van der Waals surface area contributed by atoms with E-state index in [1.807, 2.05) is 50.5 Å². The fraction of sp³-hybridized carbons (Fsp3) is 0.304. The summed E-state index contributed by atoms with van der Waals surface area (Å²) in [5.74, 6) is -0.338. The first kappa shape index (κ1) is 20.9. The second kappa shape index (κ2) is 8.70. The zero-order valence-electron chi connectivity index (χ0n) is 17.1. The minimum atomic E-state index is -0.298. The first-order chi connectivity index (χ1) is 13.8. The van der Waals surface area contributed by atoms with E-state index in [0.717, 1.165) is 16.9 Å². The molecule has 5 nitrogen and oxygen atoms in total. The van der Waals surface area contributed by atoms with E-state index in [2.05, 4.69) is 9.98 Å². The zero-order valence-corrected chi connectivity index (χ0v) is 17.8. The van der Waals surface area contributed by atoms with Gasteiger partial charge < -0.3 is 4.57 Å². The van der Waals surface area contributed by atoms with Crippen LogP contribution in [-0.4, -0.2) is 21.2 Å². The van der Waals surface area contributed by atoms with Gasteiger partial charge in [0.2, 0.25) is 5.43 Å². The highest BCUT2D eigenvalue weighted by Gasteiger charge is 2.24. The number of hydrogen-bond acceptors (Lipinski definition) is 4. The minimum Gasteiger partial charge on any atom is -0.341 e. The highest BCUT2D eigenvalue weighted by Crippen LogP contribution is 2.24. The van der Waals surface area contributed by atoms with Gasteiger partial charge in [0, 0.05) is 40.7 Å². The summed E-state index contributed by atoms with van der Waals surface area (Å²) in [4.78, 5) is 34.9. The van der Waals surface area contributed by atoms with E-state index >= 15 is 0 Å². The van der Waals surface area contributed by atoms with Crippen LogP contribution in [0.15, 0.2) is 68.8 Å². The molecule has 1 aromatic carbocycles. The number of rotatable bonds is 5. The molecule has 1 aliphatic rings. The molecule has 0 saturated carbocycles. The van der Waals surface area contributed by atoms with E-state index in [1.165, 1.54) is 6.20 Å². The van der Waals surface area contributed by atoms with Crippen molar-refractivity contribution in [1.82, 2.24) is 4.57 Å². The van der Waals surface area contributed by atoms with Gasteiger partial charge in [0.05, 0.1) is 17.6 Å². The molecule has 0 radical (unpaired) electrons. The molecule has 0 spiro atoms. The molecule has 0 amide bonds. The molecule has 6 heteroatoms. The Balaban J connectivity index is 2.12. The van der Waals surface area contributed by atoms with E-state index in [9.17, 15) is 9.59 Å². The van der Waals surface area contributed by atoms with Gasteiger partial charge in [-0.1, -0.05) is 36.7 Å². The maximum atomic E-state index is 13.1. The summed E-state index contributed by atoms with van der Waals surface area (Å²) in [5, 5.41) is 0.989. The molecule has 1 unspecified atom stereocenters. The van der Waals surface area contributed by atoms with Crippen molar-refractivity contribution in [3.63, 3.8) is 0 Å². The Morgan fingerprint density at radius 2 is 2.07 bits per heavy atom. The fourth-order valence-corrected chi connectivity index (χ4v) is 3.47. The van der Waals surface area contributed by atoms with E-state index < -0.39 is 0 Å². The van der Waals surface area contributed by atoms with Crippen LogP contribution >= 0.6 is 11.6 Å². The van der Waals surface area contributed by atoms with Crippen LogP contribution in [0.5, 0.6) is 0 Å². The minimum absolute atomic E-state index is 0.0403. The second-order valence-electron chi connectivity index (χ2n) is 7.33. The molecule has 1 aromatic heterocycles. The summed E-state index contributed by atoms with van der Waals surface area (Å²) in [6.07, 6.45) is 5.52. The monoisotopic (exact) mass is 409 g/mol. The van der Waals surface area contributed by atoms with Crippen LogP contribution in [0.4, 0.5) is 0 Å². The van der Waals surface area contributed by atoms with Gasteiger partial charge in [0.25, 0.3) is 0 Å². The molecule has 1 atom stereocenters. The van der Waals surface area contributed by atoms with E-state index in [0.29, 0.717) is 29.1 Å². The third-order valence-corrected chi connectivity index (χ3v) is 5.45. The molecule has 0 N–H and O–H groups in total. The summed E-state index contributed by atoms with van der Waals surface area (Å²) < 4.78 is 1.91. The molecule has 1 aliphatic heterocycles. The molecule has 150 valence electrons. The van der Waals surface area contributed by atoms with Gasteiger partial charge in [-0.05, 0) is 39.3 Å². The summed E-state index contributed by atoms with van der Waals surface area (Å²) in [6, 6.07) is 7.32. The number of hydrogen-bond donors (Lipinski definition) is 0. The molecule has 2 aromatic rings. The van der Waals surface area contributed by atoms with Crippen LogP contribution in [0.3, 0.4) is 0 Å². The van der Waals surface area contributed by atoms with Gasteiger partial charge in [-0.3, -0.25) is 14.6 Å². The number of benzene rings is 1. The molecule has 2 heterocycles. The number of aliphatic imine (C=N–C) groups is 2. The van der Waals surface area contributed by atoms with Crippen LogP contribution in [0.25, 0.3) is 10.9 Å². The van der Waals surface area contributed by atoms with Crippen molar-refractivity contribution in [2.75, 3.05) is 0 Å². The molecule has 0 fully saturated rings. The van der Waals surface area contributed by atoms with Crippen molar-refractivity contribution < 1.29 is 4.79 Å². The number of pyridine rings is 1. The molecular formula is C23H24ClN3O2. The Bertz CT molecular complexity index is 1150. The van der Waals surface area contributed by atoms with E-state index in [-0.39, 0.29) is 22.7 Å². The van der Waals surface area contributed by atoms with E-state index in [4.69, 9.17) is 11.6 Å². The fourth-order valence-electron chi connectivity index (χ4n) is 3.34. The highest BCUT2D eigenvalue weighted by atomic mass is 35.5. The van der Waals surface area contributed by atoms with Crippen molar-refractivity contribution >= 4 is 39.2 Å². The highest BCUT2D eigenvalue weighted by molar-refractivity contribution is 6.66. The van der Waals surface area contributed by atoms with Gasteiger partial charge in [0.15, 0.2) is 5.78 Å². The number of fused-ring (bicyclic) bond motifs is 1. The normalized spacial score (nSPS) is 17.9. The van der Waals surface area contributed by atoms with Crippen LogP contribution in [0, 0.1) is 5.92 Å². The Kier molecular flexibility index (Phi) is 6.28. The summed E-state index contributed by atoms with van der Waals surface area (Å²) >= 11 is 6.04. The number of carbonyl (C=O) groups excluding carboxylic acids is 1. The number of ketones is 1. The molecular weight excluding hydrogens is 386 g/mol. The van der Waals surface area contributed by atoms with E-state index in [1.54, 1.807) is 18.3 Å². The molecule has 0 aliphatic carbocycles. The Morgan fingerprint density at radius 1 is 1.34 bits per heavy atom. The number of para-hydroxylation sites is 1. The molecule has 29 heavy (non-hydrogen) atoms. The Hall–Kier alpha value is -2.79. The van der Waals surface area contributed by atoms with Crippen LogP contribution in [-0.2, 0) is 6.54 Å². The van der Waals surface area contributed by atoms with Crippen LogP contribution in [0.1, 0.15) is 44.5 Å².